The van der Waals surface area contributed by atoms with Gasteiger partial charge in [-0.25, -0.2) is 17.6 Å². The van der Waals surface area contributed by atoms with Gasteiger partial charge in [0.2, 0.25) is 11.6 Å². The van der Waals surface area contributed by atoms with Crippen molar-refractivity contribution in [3.05, 3.63) is 191 Å². The molecule has 8 heteroatoms. The predicted octanol–water partition coefficient (Wildman–Crippen LogP) is 22.6. The fourth-order valence-electron chi connectivity index (χ4n) is 11.7. The van der Waals surface area contributed by atoms with Crippen molar-refractivity contribution in [1.82, 2.24) is 0 Å². The average molecular weight is 1110 g/mol. The molecule has 0 unspecified atom stereocenters. The number of hydrogen-bond acceptors (Lipinski definition) is 2. The normalized spacial score (nSPS) is 16.9. The lowest BCUT2D eigenvalue weighted by Gasteiger charge is -2.29. The lowest BCUT2D eigenvalue weighted by molar-refractivity contribution is 0.289. The molecule has 7 aromatic carbocycles. The largest absolute Gasteiger partial charge is 0.490 e. The molecule has 2 aliphatic rings. The van der Waals surface area contributed by atoms with Gasteiger partial charge in [0.05, 0.1) is 13.2 Å². The van der Waals surface area contributed by atoms with Crippen LogP contribution in [0, 0.1) is 46.7 Å². The molecule has 0 spiro atoms. The molecule has 0 aliphatic heterocycles. The van der Waals surface area contributed by atoms with Crippen LogP contribution in [0.1, 0.15) is 185 Å². The number of aryl methyl sites for hydroxylation is 2. The van der Waals surface area contributed by atoms with Crippen LogP contribution in [0.4, 0.5) is 26.3 Å². The van der Waals surface area contributed by atoms with E-state index in [0.29, 0.717) is 64.0 Å². The second kappa shape index (κ2) is 31.8. The SMILES string of the molecule is CCCCC1CCC(c2ccc(-c3ccc(OCCC)c(F)c3F)cc2)CC1.CCCCOc1ccc(-c2ccc(C3CCC(CCC)CC3)cc2)c(F)c1F.CCCc1ccc(-c2ccc(-c3ccc(CC)cc3)c(F)c2F)cc1. The first-order valence-corrected chi connectivity index (χ1v) is 30.5. The lowest BCUT2D eigenvalue weighted by Crippen LogP contribution is -2.13. The highest BCUT2D eigenvalue weighted by Crippen LogP contribution is 2.41. The summed E-state index contributed by atoms with van der Waals surface area (Å²) in [6.45, 7) is 13.5. The molecule has 2 nitrogen and oxygen atoms in total. The van der Waals surface area contributed by atoms with Crippen LogP contribution in [0.5, 0.6) is 11.5 Å². The number of hydrogen-bond donors (Lipinski definition) is 0. The minimum Gasteiger partial charge on any atom is -0.490 e. The maximum absolute atomic E-state index is 14.7. The molecule has 2 fully saturated rings. The third-order valence-electron chi connectivity index (χ3n) is 16.6. The minimum absolute atomic E-state index is 0.00448. The maximum Gasteiger partial charge on any atom is 0.201 e. The fourth-order valence-corrected chi connectivity index (χ4v) is 11.7. The van der Waals surface area contributed by atoms with Crippen LogP contribution in [0.2, 0.25) is 0 Å². The van der Waals surface area contributed by atoms with Gasteiger partial charge in [0.25, 0.3) is 0 Å². The molecule has 81 heavy (non-hydrogen) atoms. The van der Waals surface area contributed by atoms with Crippen LogP contribution < -0.4 is 9.47 Å². The Kier molecular flexibility index (Phi) is 24.5. The summed E-state index contributed by atoms with van der Waals surface area (Å²) >= 11 is 0. The zero-order valence-electron chi connectivity index (χ0n) is 48.9. The summed E-state index contributed by atoms with van der Waals surface area (Å²) in [4.78, 5) is 0. The van der Waals surface area contributed by atoms with Gasteiger partial charge in [-0.3, -0.25) is 0 Å². The summed E-state index contributed by atoms with van der Waals surface area (Å²) in [5, 5.41) is 0. The molecule has 0 heterocycles. The van der Waals surface area contributed by atoms with Crippen molar-refractivity contribution in [2.75, 3.05) is 13.2 Å². The van der Waals surface area contributed by atoms with E-state index in [1.807, 2.05) is 86.6 Å². The van der Waals surface area contributed by atoms with Gasteiger partial charge >= 0.3 is 0 Å². The first-order chi connectivity index (χ1) is 39.4. The van der Waals surface area contributed by atoms with E-state index in [1.165, 1.54) is 118 Å². The number of ether oxygens (including phenoxy) is 2. The second-order valence-corrected chi connectivity index (χ2v) is 22.4. The van der Waals surface area contributed by atoms with Gasteiger partial charge in [0, 0.05) is 22.3 Å². The van der Waals surface area contributed by atoms with E-state index in [4.69, 9.17) is 9.47 Å². The molecule has 0 bridgehead atoms. The van der Waals surface area contributed by atoms with Crippen LogP contribution in [-0.2, 0) is 12.8 Å². The third-order valence-corrected chi connectivity index (χ3v) is 16.6. The van der Waals surface area contributed by atoms with Crippen LogP contribution in [0.3, 0.4) is 0 Å². The molecular formula is C73H86F6O2. The summed E-state index contributed by atoms with van der Waals surface area (Å²) < 4.78 is 97.6. The molecule has 432 valence electrons. The Balaban J connectivity index is 0.000000176. The first-order valence-electron chi connectivity index (χ1n) is 30.5. The number of halogens is 6. The van der Waals surface area contributed by atoms with Crippen molar-refractivity contribution in [2.24, 2.45) is 11.8 Å². The molecule has 2 aliphatic carbocycles. The molecule has 0 atom stereocenters. The fraction of sp³-hybridized carbons (Fsp3) is 0.425. The van der Waals surface area contributed by atoms with Crippen molar-refractivity contribution in [3.63, 3.8) is 0 Å². The molecule has 0 radical (unpaired) electrons. The van der Waals surface area contributed by atoms with Crippen molar-refractivity contribution in [2.45, 2.75) is 175 Å². The topological polar surface area (TPSA) is 18.5 Å². The Hall–Kier alpha value is -6.28. The molecular weight excluding hydrogens is 1020 g/mol. The molecule has 2 saturated carbocycles. The van der Waals surface area contributed by atoms with Gasteiger partial charge in [-0.2, -0.15) is 8.78 Å². The molecule has 0 N–H and O–H groups in total. The highest BCUT2D eigenvalue weighted by Gasteiger charge is 2.25. The Bertz CT molecular complexity index is 2990. The maximum atomic E-state index is 14.7. The van der Waals surface area contributed by atoms with Gasteiger partial charge in [-0.05, 0) is 169 Å². The zero-order valence-corrected chi connectivity index (χ0v) is 48.9. The first kappa shape index (κ1) is 62.3. The Morgan fingerprint density at radius 3 is 1.09 bits per heavy atom. The van der Waals surface area contributed by atoms with E-state index >= 15 is 0 Å². The van der Waals surface area contributed by atoms with E-state index in [9.17, 15) is 26.3 Å². The quantitative estimate of drug-likeness (QED) is 0.0527. The minimum atomic E-state index is -0.902. The molecule has 0 saturated heterocycles. The smallest absolute Gasteiger partial charge is 0.201 e. The average Bonchev–Trinajstić information content (AvgIpc) is 3.51. The molecule has 0 aromatic heterocycles. The van der Waals surface area contributed by atoms with E-state index in [1.54, 1.807) is 24.3 Å². The molecule has 9 rings (SSSR count). The number of unbranched alkanes of at least 4 members (excludes halogenated alkanes) is 2. The van der Waals surface area contributed by atoms with Crippen molar-refractivity contribution >= 4 is 0 Å². The lowest BCUT2D eigenvalue weighted by atomic mass is 9.77. The van der Waals surface area contributed by atoms with E-state index in [-0.39, 0.29) is 17.1 Å². The zero-order chi connectivity index (χ0) is 57.7. The Morgan fingerprint density at radius 1 is 0.333 bits per heavy atom. The third kappa shape index (κ3) is 16.9. The summed E-state index contributed by atoms with van der Waals surface area (Å²) in [7, 11) is 0. The number of rotatable bonds is 21. The van der Waals surface area contributed by atoms with Gasteiger partial charge in [0.1, 0.15) is 0 Å². The van der Waals surface area contributed by atoms with E-state index < -0.39 is 34.9 Å². The predicted molar refractivity (Wildman–Crippen MR) is 324 cm³/mol. The van der Waals surface area contributed by atoms with Gasteiger partial charge in [-0.15, -0.1) is 0 Å². The highest BCUT2D eigenvalue weighted by molar-refractivity contribution is 5.72. The van der Waals surface area contributed by atoms with Crippen LogP contribution in [0.15, 0.2) is 133 Å². The van der Waals surface area contributed by atoms with Gasteiger partial charge in [0.15, 0.2) is 34.8 Å². The van der Waals surface area contributed by atoms with Crippen molar-refractivity contribution < 1.29 is 35.8 Å². The number of benzene rings is 7. The molecule has 7 aromatic rings. The second-order valence-electron chi connectivity index (χ2n) is 22.4. The summed E-state index contributed by atoms with van der Waals surface area (Å²) in [5.74, 6) is -2.10. The Labute approximate surface area is 480 Å². The Morgan fingerprint density at radius 2 is 0.704 bits per heavy atom. The highest BCUT2D eigenvalue weighted by atomic mass is 19.2. The van der Waals surface area contributed by atoms with Crippen LogP contribution in [0.25, 0.3) is 44.5 Å². The van der Waals surface area contributed by atoms with Crippen LogP contribution in [-0.4, -0.2) is 13.2 Å². The standard InChI is InChI=1S/2C25H32F2O.C23H22F2/c1-3-5-6-18-7-9-19(10-8-18)20-11-13-21(14-12-20)22-15-16-23(28-17-4-2)25(27)24(22)26;1-3-5-17-28-23-16-15-22(24(26)25(23)27)21-13-11-20(12-14-21)19-9-7-18(6-4-2)8-10-19;1-3-5-17-8-12-19(13-9-17)21-15-14-20(22(24)23(21)25)18-10-6-16(4-2)7-11-18/h2*11-16,18-19H,3-10,17H2,1-2H3;6-15H,3-5H2,1-2H3. The molecule has 0 amide bonds. The summed E-state index contributed by atoms with van der Waals surface area (Å²) in [6.07, 6.45) is 22.3. The monoisotopic (exact) mass is 1110 g/mol. The van der Waals surface area contributed by atoms with E-state index in [2.05, 4.69) is 52.0 Å². The van der Waals surface area contributed by atoms with Crippen LogP contribution >= 0.6 is 0 Å². The van der Waals surface area contributed by atoms with E-state index in [0.717, 1.165) is 50.4 Å². The van der Waals surface area contributed by atoms with Gasteiger partial charge in [-0.1, -0.05) is 196 Å². The summed E-state index contributed by atoms with van der Waals surface area (Å²) in [5.41, 5.74) is 9.01. The van der Waals surface area contributed by atoms with Gasteiger partial charge < -0.3 is 9.47 Å². The van der Waals surface area contributed by atoms with Crippen molar-refractivity contribution in [1.29, 1.82) is 0 Å². The van der Waals surface area contributed by atoms with Crippen molar-refractivity contribution in [3.8, 4) is 56.0 Å². The summed E-state index contributed by atoms with van der Waals surface area (Å²) in [6, 6.07) is 40.9.